The number of likely N-dealkylation sites (tertiary alicyclic amines) is 1. The Hall–Kier alpha value is -1.75. The Bertz CT molecular complexity index is 551. The molecule has 0 unspecified atom stereocenters. The first-order valence-corrected chi connectivity index (χ1v) is 9.15. The maximum Gasteiger partial charge on any atom is 0.321 e. The van der Waals surface area contributed by atoms with Crippen molar-refractivity contribution >= 4 is 17.4 Å². The number of ether oxygens (including phenoxy) is 1. The molecule has 0 aromatic heterocycles. The fraction of sp³-hybridized carbons (Fsp3) is 0.632. The van der Waals surface area contributed by atoms with Crippen molar-refractivity contribution in [2.75, 3.05) is 43.5 Å². The van der Waals surface area contributed by atoms with Gasteiger partial charge in [0.1, 0.15) is 0 Å². The van der Waals surface area contributed by atoms with Crippen molar-refractivity contribution in [3.63, 3.8) is 0 Å². The Morgan fingerprint density at radius 2 is 1.96 bits per heavy atom. The summed E-state index contributed by atoms with van der Waals surface area (Å²) in [5.41, 5.74) is 1.93. The SMILES string of the molecule is CCN(C)c1ccccc1NC(=O)N1CCC(OCC2CC2)CC1. The van der Waals surface area contributed by atoms with Crippen LogP contribution in [-0.4, -0.2) is 50.3 Å². The molecule has 3 rings (SSSR count). The Balaban J connectivity index is 1.50. The number of rotatable bonds is 6. The van der Waals surface area contributed by atoms with E-state index in [1.54, 1.807) is 0 Å². The van der Waals surface area contributed by atoms with Gasteiger partial charge in [-0.1, -0.05) is 12.1 Å². The molecule has 1 saturated carbocycles. The van der Waals surface area contributed by atoms with Crippen LogP contribution >= 0.6 is 0 Å². The largest absolute Gasteiger partial charge is 0.378 e. The first-order chi connectivity index (χ1) is 11.7. The van der Waals surface area contributed by atoms with Crippen LogP contribution in [0.3, 0.4) is 0 Å². The third-order valence-corrected chi connectivity index (χ3v) is 5.02. The molecule has 0 bridgehead atoms. The number of nitrogens with zero attached hydrogens (tertiary/aromatic N) is 2. The fourth-order valence-electron chi connectivity index (χ4n) is 3.06. The van der Waals surface area contributed by atoms with E-state index in [2.05, 4.69) is 17.1 Å². The fourth-order valence-corrected chi connectivity index (χ4v) is 3.06. The third kappa shape index (κ3) is 4.41. The maximum absolute atomic E-state index is 12.6. The molecule has 1 N–H and O–H groups in total. The van der Waals surface area contributed by atoms with Crippen molar-refractivity contribution in [2.45, 2.75) is 38.7 Å². The molecule has 24 heavy (non-hydrogen) atoms. The Labute approximate surface area is 145 Å². The summed E-state index contributed by atoms with van der Waals surface area (Å²) in [6.45, 7) is 5.45. The topological polar surface area (TPSA) is 44.8 Å². The van der Waals surface area contributed by atoms with Gasteiger partial charge in [0.25, 0.3) is 0 Å². The number of benzene rings is 1. The van der Waals surface area contributed by atoms with Gasteiger partial charge >= 0.3 is 6.03 Å². The van der Waals surface area contributed by atoms with Crippen molar-refractivity contribution < 1.29 is 9.53 Å². The maximum atomic E-state index is 12.6. The molecule has 1 aromatic rings. The van der Waals surface area contributed by atoms with Gasteiger partial charge < -0.3 is 19.9 Å². The second-order valence-electron chi connectivity index (χ2n) is 6.92. The van der Waals surface area contributed by atoms with Crippen LogP contribution in [0, 0.1) is 5.92 Å². The second kappa shape index (κ2) is 7.88. The van der Waals surface area contributed by atoms with Crippen molar-refractivity contribution in [3.8, 4) is 0 Å². The molecule has 1 aliphatic carbocycles. The summed E-state index contributed by atoms with van der Waals surface area (Å²) in [6.07, 6.45) is 4.86. The number of urea groups is 1. The van der Waals surface area contributed by atoms with Crippen LogP contribution in [0.5, 0.6) is 0 Å². The lowest BCUT2D eigenvalue weighted by atomic mass is 10.1. The zero-order chi connectivity index (χ0) is 16.9. The van der Waals surface area contributed by atoms with Gasteiger partial charge in [-0.3, -0.25) is 0 Å². The highest BCUT2D eigenvalue weighted by molar-refractivity contribution is 5.93. The zero-order valence-corrected chi connectivity index (χ0v) is 14.8. The number of hydrogen-bond acceptors (Lipinski definition) is 3. The second-order valence-corrected chi connectivity index (χ2v) is 6.92. The molecule has 5 heteroatoms. The van der Waals surface area contributed by atoms with Crippen LogP contribution in [0.2, 0.25) is 0 Å². The lowest BCUT2D eigenvalue weighted by Crippen LogP contribution is -2.43. The van der Waals surface area contributed by atoms with E-state index in [9.17, 15) is 4.79 Å². The summed E-state index contributed by atoms with van der Waals surface area (Å²) < 4.78 is 5.95. The van der Waals surface area contributed by atoms with Crippen molar-refractivity contribution in [3.05, 3.63) is 24.3 Å². The van der Waals surface area contributed by atoms with Crippen LogP contribution in [0.4, 0.5) is 16.2 Å². The average molecular weight is 331 g/mol. The molecular formula is C19H29N3O2. The molecule has 1 saturated heterocycles. The molecule has 5 nitrogen and oxygen atoms in total. The quantitative estimate of drug-likeness (QED) is 0.867. The van der Waals surface area contributed by atoms with Gasteiger partial charge in [0.2, 0.25) is 0 Å². The van der Waals surface area contributed by atoms with Crippen LogP contribution in [0.1, 0.15) is 32.6 Å². The van der Waals surface area contributed by atoms with Crippen LogP contribution < -0.4 is 10.2 Å². The summed E-state index contributed by atoms with van der Waals surface area (Å²) in [5.74, 6) is 0.804. The van der Waals surface area contributed by atoms with Crippen LogP contribution in [0.25, 0.3) is 0 Å². The molecule has 2 fully saturated rings. The van der Waals surface area contributed by atoms with E-state index in [0.717, 1.165) is 56.4 Å². The lowest BCUT2D eigenvalue weighted by molar-refractivity contribution is 0.0105. The molecule has 132 valence electrons. The molecule has 1 aliphatic heterocycles. The predicted octanol–water partition coefficient (Wildman–Crippen LogP) is 3.57. The van der Waals surface area contributed by atoms with E-state index in [4.69, 9.17) is 4.74 Å². The monoisotopic (exact) mass is 331 g/mol. The van der Waals surface area contributed by atoms with E-state index >= 15 is 0 Å². The number of carbonyl (C=O) groups excluding carboxylic acids is 1. The van der Waals surface area contributed by atoms with E-state index in [-0.39, 0.29) is 6.03 Å². The summed E-state index contributed by atoms with van der Waals surface area (Å²) in [7, 11) is 2.04. The molecule has 0 radical (unpaired) electrons. The molecule has 1 heterocycles. The molecule has 2 aliphatic rings. The van der Waals surface area contributed by atoms with Gasteiger partial charge in [-0.2, -0.15) is 0 Å². The van der Waals surface area contributed by atoms with Crippen molar-refractivity contribution in [1.29, 1.82) is 0 Å². The molecule has 1 aromatic carbocycles. The lowest BCUT2D eigenvalue weighted by Gasteiger charge is -2.32. The molecular weight excluding hydrogens is 302 g/mol. The number of piperidine rings is 1. The number of anilines is 2. The van der Waals surface area contributed by atoms with Crippen LogP contribution in [-0.2, 0) is 4.74 Å². The number of nitrogens with one attached hydrogen (secondary N) is 1. The van der Waals surface area contributed by atoms with Gasteiger partial charge in [-0.15, -0.1) is 0 Å². The minimum Gasteiger partial charge on any atom is -0.378 e. The summed E-state index contributed by atoms with van der Waals surface area (Å²) in [5, 5.41) is 3.08. The highest BCUT2D eigenvalue weighted by Crippen LogP contribution is 2.30. The van der Waals surface area contributed by atoms with Gasteiger partial charge in [0.05, 0.1) is 17.5 Å². The molecule has 0 spiro atoms. The Kier molecular flexibility index (Phi) is 5.61. The van der Waals surface area contributed by atoms with Crippen molar-refractivity contribution in [2.24, 2.45) is 5.92 Å². The van der Waals surface area contributed by atoms with Gasteiger partial charge in [0, 0.05) is 33.3 Å². The smallest absolute Gasteiger partial charge is 0.321 e. The Morgan fingerprint density at radius 3 is 2.62 bits per heavy atom. The third-order valence-electron chi connectivity index (χ3n) is 5.02. The zero-order valence-electron chi connectivity index (χ0n) is 14.8. The highest BCUT2D eigenvalue weighted by Gasteiger charge is 2.27. The van der Waals surface area contributed by atoms with Crippen molar-refractivity contribution in [1.82, 2.24) is 4.90 Å². The van der Waals surface area contributed by atoms with E-state index in [0.29, 0.717) is 6.10 Å². The summed E-state index contributed by atoms with van der Waals surface area (Å²) in [4.78, 5) is 16.6. The van der Waals surface area contributed by atoms with Gasteiger partial charge in [0.15, 0.2) is 0 Å². The summed E-state index contributed by atoms with van der Waals surface area (Å²) in [6, 6.07) is 7.95. The highest BCUT2D eigenvalue weighted by atomic mass is 16.5. The van der Waals surface area contributed by atoms with Crippen LogP contribution in [0.15, 0.2) is 24.3 Å². The average Bonchev–Trinajstić information content (AvgIpc) is 3.44. The normalized spacial score (nSPS) is 18.5. The minimum atomic E-state index is -0.00686. The number of para-hydroxylation sites is 2. The molecule has 2 amide bonds. The standard InChI is InChI=1S/C19H29N3O2/c1-3-21(2)18-7-5-4-6-17(18)20-19(23)22-12-10-16(11-13-22)24-14-15-8-9-15/h4-7,15-16H,3,8-14H2,1-2H3,(H,20,23). The summed E-state index contributed by atoms with van der Waals surface area (Å²) >= 11 is 0. The minimum absolute atomic E-state index is 0.00686. The van der Waals surface area contributed by atoms with Gasteiger partial charge in [-0.05, 0) is 50.7 Å². The number of carbonyl (C=O) groups is 1. The Morgan fingerprint density at radius 1 is 1.25 bits per heavy atom. The number of amides is 2. The van der Waals surface area contributed by atoms with E-state index in [1.807, 2.05) is 36.2 Å². The van der Waals surface area contributed by atoms with E-state index in [1.165, 1.54) is 12.8 Å². The number of hydrogen-bond donors (Lipinski definition) is 1. The predicted molar refractivity (Wildman–Crippen MR) is 97.7 cm³/mol. The molecule has 0 atom stereocenters. The first kappa shape index (κ1) is 17.1. The van der Waals surface area contributed by atoms with Gasteiger partial charge in [-0.25, -0.2) is 4.79 Å². The first-order valence-electron chi connectivity index (χ1n) is 9.15. The van der Waals surface area contributed by atoms with E-state index < -0.39 is 0 Å².